The Bertz CT molecular complexity index is 352. The zero-order valence-electron chi connectivity index (χ0n) is 10.2. The number of nitrogen functional groups attached to an aromatic ring is 1. The number of anilines is 2. The molecule has 0 saturated carbocycles. The van der Waals surface area contributed by atoms with E-state index in [4.69, 9.17) is 10.6 Å². The van der Waals surface area contributed by atoms with Crippen molar-refractivity contribution in [2.45, 2.75) is 25.9 Å². The molecular weight excluding hydrogens is 216 g/mol. The Hall–Kier alpha value is -1.33. The highest BCUT2D eigenvalue weighted by Crippen LogP contribution is 2.20. The number of hydrogen-bond donors (Lipinski definition) is 2. The third kappa shape index (κ3) is 3.08. The molecule has 0 spiro atoms. The van der Waals surface area contributed by atoms with E-state index in [1.54, 1.807) is 6.20 Å². The third-order valence-electron chi connectivity index (χ3n) is 3.09. The van der Waals surface area contributed by atoms with E-state index in [1.165, 1.54) is 6.42 Å². The maximum Gasteiger partial charge on any atom is 0.141 e. The fourth-order valence-electron chi connectivity index (χ4n) is 2.15. The van der Waals surface area contributed by atoms with Crippen LogP contribution in [0, 0.1) is 0 Å². The second-order valence-corrected chi connectivity index (χ2v) is 4.22. The molecule has 2 heterocycles. The number of nitrogens with one attached hydrogen (secondary N) is 1. The molecule has 94 valence electrons. The number of likely N-dealkylation sites (N-methyl/N-ethyl adjacent to an activating group) is 1. The molecule has 5 heteroatoms. The van der Waals surface area contributed by atoms with Gasteiger partial charge in [0.05, 0.1) is 6.10 Å². The predicted molar refractivity (Wildman–Crippen MR) is 68.9 cm³/mol. The van der Waals surface area contributed by atoms with Gasteiger partial charge in [-0.3, -0.25) is 0 Å². The SMILES string of the molecule is CCN(CC1CCCO1)c1ccnc(NN)c1. The number of rotatable bonds is 5. The second kappa shape index (κ2) is 5.84. The molecule has 2 rings (SSSR count). The first-order valence-electron chi connectivity index (χ1n) is 6.12. The van der Waals surface area contributed by atoms with Crippen molar-refractivity contribution in [1.29, 1.82) is 0 Å². The molecule has 1 fully saturated rings. The van der Waals surface area contributed by atoms with Gasteiger partial charge in [0, 0.05) is 37.6 Å². The minimum atomic E-state index is 0.359. The summed E-state index contributed by atoms with van der Waals surface area (Å²) >= 11 is 0. The standard InChI is InChI=1S/C12H20N4O/c1-2-16(9-11-4-3-7-17-11)10-5-6-14-12(8-10)15-13/h5-6,8,11H,2-4,7,9,13H2,1H3,(H,14,15). The molecular formula is C12H20N4O. The maximum absolute atomic E-state index is 5.67. The van der Waals surface area contributed by atoms with Gasteiger partial charge in [0.1, 0.15) is 5.82 Å². The van der Waals surface area contributed by atoms with E-state index < -0.39 is 0 Å². The summed E-state index contributed by atoms with van der Waals surface area (Å²) in [5, 5.41) is 0. The van der Waals surface area contributed by atoms with Gasteiger partial charge in [0.25, 0.3) is 0 Å². The summed E-state index contributed by atoms with van der Waals surface area (Å²) in [6.07, 6.45) is 4.46. The Kier molecular flexibility index (Phi) is 4.17. The molecule has 1 atom stereocenters. The lowest BCUT2D eigenvalue weighted by Gasteiger charge is -2.26. The van der Waals surface area contributed by atoms with Crippen molar-refractivity contribution >= 4 is 11.5 Å². The van der Waals surface area contributed by atoms with Gasteiger partial charge < -0.3 is 15.1 Å². The number of hydrazine groups is 1. The minimum absolute atomic E-state index is 0.359. The van der Waals surface area contributed by atoms with E-state index in [2.05, 4.69) is 22.2 Å². The lowest BCUT2D eigenvalue weighted by atomic mass is 10.2. The Labute approximate surface area is 102 Å². The Morgan fingerprint density at radius 2 is 2.53 bits per heavy atom. The Balaban J connectivity index is 2.04. The highest BCUT2D eigenvalue weighted by molar-refractivity contribution is 5.53. The van der Waals surface area contributed by atoms with Crippen molar-refractivity contribution in [2.75, 3.05) is 30.0 Å². The molecule has 1 unspecified atom stereocenters. The second-order valence-electron chi connectivity index (χ2n) is 4.22. The van der Waals surface area contributed by atoms with Crippen molar-refractivity contribution in [1.82, 2.24) is 4.98 Å². The number of nitrogens with zero attached hydrogens (tertiary/aromatic N) is 2. The summed E-state index contributed by atoms with van der Waals surface area (Å²) in [4.78, 5) is 6.40. The quantitative estimate of drug-likeness (QED) is 0.597. The van der Waals surface area contributed by atoms with Gasteiger partial charge in [-0.25, -0.2) is 10.8 Å². The van der Waals surface area contributed by atoms with E-state index in [0.717, 1.165) is 31.8 Å². The van der Waals surface area contributed by atoms with Crippen LogP contribution in [0.1, 0.15) is 19.8 Å². The van der Waals surface area contributed by atoms with Crippen LogP contribution in [0.4, 0.5) is 11.5 Å². The minimum Gasteiger partial charge on any atom is -0.376 e. The number of pyridine rings is 1. The topological polar surface area (TPSA) is 63.4 Å². The lowest BCUT2D eigenvalue weighted by Crippen LogP contribution is -2.32. The van der Waals surface area contributed by atoms with E-state index in [1.807, 2.05) is 12.1 Å². The molecule has 1 aromatic heterocycles. The highest BCUT2D eigenvalue weighted by Gasteiger charge is 2.18. The highest BCUT2D eigenvalue weighted by atomic mass is 16.5. The first-order chi connectivity index (χ1) is 8.33. The zero-order valence-corrected chi connectivity index (χ0v) is 10.2. The first kappa shape index (κ1) is 12.1. The molecule has 0 radical (unpaired) electrons. The van der Waals surface area contributed by atoms with Gasteiger partial charge in [0.15, 0.2) is 0 Å². The van der Waals surface area contributed by atoms with Crippen LogP contribution in [0.2, 0.25) is 0 Å². The molecule has 0 aromatic carbocycles. The van der Waals surface area contributed by atoms with Crippen LogP contribution in [-0.4, -0.2) is 30.8 Å². The van der Waals surface area contributed by atoms with Gasteiger partial charge in [-0.05, 0) is 25.8 Å². The smallest absolute Gasteiger partial charge is 0.141 e. The van der Waals surface area contributed by atoms with Crippen LogP contribution in [-0.2, 0) is 4.74 Å². The van der Waals surface area contributed by atoms with Crippen LogP contribution < -0.4 is 16.2 Å². The molecule has 0 amide bonds. The lowest BCUT2D eigenvalue weighted by molar-refractivity contribution is 0.115. The van der Waals surface area contributed by atoms with Gasteiger partial charge in [-0.1, -0.05) is 0 Å². The monoisotopic (exact) mass is 236 g/mol. The summed E-state index contributed by atoms with van der Waals surface area (Å²) in [5.74, 6) is 6.06. The van der Waals surface area contributed by atoms with E-state index in [0.29, 0.717) is 11.9 Å². The molecule has 3 N–H and O–H groups in total. The number of nitrogens with two attached hydrogens (primary N) is 1. The van der Waals surface area contributed by atoms with Gasteiger partial charge >= 0.3 is 0 Å². The van der Waals surface area contributed by atoms with Gasteiger partial charge in [0.2, 0.25) is 0 Å². The Morgan fingerprint density at radius 3 is 3.18 bits per heavy atom. The summed E-state index contributed by atoms with van der Waals surface area (Å²) in [6, 6.07) is 3.96. The molecule has 1 aliphatic heterocycles. The van der Waals surface area contributed by atoms with Crippen molar-refractivity contribution in [2.24, 2.45) is 5.84 Å². The van der Waals surface area contributed by atoms with Crippen LogP contribution in [0.15, 0.2) is 18.3 Å². The largest absolute Gasteiger partial charge is 0.376 e. The summed E-state index contributed by atoms with van der Waals surface area (Å²) in [5.41, 5.74) is 3.70. The average molecular weight is 236 g/mol. The predicted octanol–water partition coefficient (Wildman–Crippen LogP) is 1.37. The van der Waals surface area contributed by atoms with E-state index in [-0.39, 0.29) is 0 Å². The summed E-state index contributed by atoms with van der Waals surface area (Å²) < 4.78 is 5.67. The molecule has 0 aliphatic carbocycles. The molecule has 1 aromatic rings. The van der Waals surface area contributed by atoms with Crippen LogP contribution >= 0.6 is 0 Å². The van der Waals surface area contributed by atoms with Crippen LogP contribution in [0.3, 0.4) is 0 Å². The van der Waals surface area contributed by atoms with E-state index >= 15 is 0 Å². The van der Waals surface area contributed by atoms with E-state index in [9.17, 15) is 0 Å². The summed E-state index contributed by atoms with van der Waals surface area (Å²) in [6.45, 7) is 4.93. The molecule has 17 heavy (non-hydrogen) atoms. The maximum atomic E-state index is 5.67. The number of ether oxygens (including phenoxy) is 1. The Morgan fingerprint density at radius 1 is 1.65 bits per heavy atom. The molecule has 1 aliphatic rings. The van der Waals surface area contributed by atoms with Crippen molar-refractivity contribution in [3.05, 3.63) is 18.3 Å². The zero-order chi connectivity index (χ0) is 12.1. The normalized spacial score (nSPS) is 19.3. The average Bonchev–Trinajstić information content (AvgIpc) is 2.89. The first-order valence-corrected chi connectivity index (χ1v) is 6.12. The molecule has 5 nitrogen and oxygen atoms in total. The van der Waals surface area contributed by atoms with Crippen molar-refractivity contribution in [3.63, 3.8) is 0 Å². The molecule has 0 bridgehead atoms. The van der Waals surface area contributed by atoms with Crippen LogP contribution in [0.25, 0.3) is 0 Å². The third-order valence-corrected chi connectivity index (χ3v) is 3.09. The van der Waals surface area contributed by atoms with Crippen molar-refractivity contribution < 1.29 is 4.74 Å². The fraction of sp³-hybridized carbons (Fsp3) is 0.583. The van der Waals surface area contributed by atoms with Crippen molar-refractivity contribution in [3.8, 4) is 0 Å². The van der Waals surface area contributed by atoms with Gasteiger partial charge in [-0.2, -0.15) is 0 Å². The van der Waals surface area contributed by atoms with Crippen LogP contribution in [0.5, 0.6) is 0 Å². The number of hydrogen-bond acceptors (Lipinski definition) is 5. The number of aromatic nitrogens is 1. The molecule has 1 saturated heterocycles. The van der Waals surface area contributed by atoms with Gasteiger partial charge in [-0.15, -0.1) is 0 Å². The summed E-state index contributed by atoms with van der Waals surface area (Å²) in [7, 11) is 0. The fourth-order valence-corrected chi connectivity index (χ4v) is 2.15.